The van der Waals surface area contributed by atoms with Gasteiger partial charge < -0.3 is 19.7 Å². The number of amidine groups is 1. The van der Waals surface area contributed by atoms with Gasteiger partial charge in [0.15, 0.2) is 10.7 Å². The molecule has 8 heteroatoms. The van der Waals surface area contributed by atoms with Gasteiger partial charge in [-0.15, -0.1) is 0 Å². The molecule has 0 aliphatic carbocycles. The molecule has 0 spiro atoms. The summed E-state index contributed by atoms with van der Waals surface area (Å²) in [6.07, 6.45) is 1.39. The third-order valence-electron chi connectivity index (χ3n) is 4.69. The predicted octanol–water partition coefficient (Wildman–Crippen LogP) is 3.82. The molecule has 0 atom stereocenters. The zero-order chi connectivity index (χ0) is 21.1. The number of hydrogen-bond donors (Lipinski definition) is 1. The number of carbonyl (C=O) groups is 2. The molecule has 0 aromatic heterocycles. The van der Waals surface area contributed by atoms with Gasteiger partial charge in [-0.2, -0.15) is 0 Å². The van der Waals surface area contributed by atoms with Crippen LogP contribution < -0.4 is 10.2 Å². The van der Waals surface area contributed by atoms with Gasteiger partial charge in [0.2, 0.25) is 0 Å². The number of rotatable bonds is 7. The zero-order valence-corrected chi connectivity index (χ0v) is 18.3. The molecule has 0 unspecified atom stereocenters. The Hall–Kier alpha value is -2.48. The first-order valence-corrected chi connectivity index (χ1v) is 10.7. The molecule has 0 saturated heterocycles. The van der Waals surface area contributed by atoms with Gasteiger partial charge in [-0.1, -0.05) is 13.8 Å². The van der Waals surface area contributed by atoms with E-state index < -0.39 is 11.9 Å². The molecule has 156 valence electrons. The second-order valence-corrected chi connectivity index (χ2v) is 8.03. The van der Waals surface area contributed by atoms with Crippen LogP contribution in [0.15, 0.2) is 27.7 Å². The summed E-state index contributed by atoms with van der Waals surface area (Å²) in [4.78, 5) is 32.5. The maximum Gasteiger partial charge on any atom is 0.347 e. The summed E-state index contributed by atoms with van der Waals surface area (Å²) in [6.45, 7) is 11.8. The second-order valence-electron chi connectivity index (χ2n) is 7.05. The average Bonchev–Trinajstić information content (AvgIpc) is 3.23. The number of ether oxygens (including phenoxy) is 2. The number of aliphatic imine (C=N–C) groups is 1. The summed E-state index contributed by atoms with van der Waals surface area (Å²) in [5, 5.41) is 4.21. The number of thioether (sulfide) groups is 1. The lowest BCUT2D eigenvalue weighted by molar-refractivity contribution is -0.146. The molecule has 29 heavy (non-hydrogen) atoms. The summed E-state index contributed by atoms with van der Waals surface area (Å²) < 4.78 is 10.0. The number of nitrogens with one attached hydrogen (secondary N) is 1. The van der Waals surface area contributed by atoms with Crippen molar-refractivity contribution in [2.45, 2.75) is 45.4 Å². The third-order valence-corrected chi connectivity index (χ3v) is 5.84. The van der Waals surface area contributed by atoms with E-state index in [-0.39, 0.29) is 24.7 Å². The molecular weight excluding hydrogens is 390 g/mol. The molecule has 0 fully saturated rings. The van der Waals surface area contributed by atoms with E-state index in [2.05, 4.69) is 42.0 Å². The van der Waals surface area contributed by atoms with Crippen LogP contribution >= 0.6 is 11.8 Å². The van der Waals surface area contributed by atoms with Crippen LogP contribution in [-0.4, -0.2) is 43.4 Å². The van der Waals surface area contributed by atoms with Crippen LogP contribution in [0.2, 0.25) is 0 Å². The van der Waals surface area contributed by atoms with Crippen molar-refractivity contribution in [2.75, 3.05) is 36.5 Å². The van der Waals surface area contributed by atoms with Crippen LogP contribution in [0.1, 0.15) is 44.7 Å². The minimum atomic E-state index is -0.702. The first-order chi connectivity index (χ1) is 13.9. The highest BCUT2D eigenvalue weighted by Crippen LogP contribution is 2.50. The van der Waals surface area contributed by atoms with Crippen molar-refractivity contribution in [3.63, 3.8) is 0 Å². The number of fused-ring (bicyclic) bond motifs is 3. The van der Waals surface area contributed by atoms with Crippen LogP contribution in [0.3, 0.4) is 0 Å². The normalized spacial score (nSPS) is 14.3. The highest BCUT2D eigenvalue weighted by Gasteiger charge is 2.34. The standard InChI is InChI=1S/C21H27N3O4S/c1-6-27-19(25)14(20(26)28-7-2)11-23-15-10-13(5)17-18(16(15)12(3)4)29-21-22-8-9-24(17)21/h10-12,23H,6-9H2,1-5H3. The van der Waals surface area contributed by atoms with E-state index in [0.717, 1.165) is 35.1 Å². The SMILES string of the molecule is CCOC(=O)C(=CNc1cc(C)c2c(c1C(C)C)SC1=NCCN12)C(=O)OCC. The number of carbonyl (C=O) groups excluding carboxylic acids is 2. The zero-order valence-electron chi connectivity index (χ0n) is 17.5. The maximum absolute atomic E-state index is 12.2. The van der Waals surface area contributed by atoms with Crippen LogP contribution in [0.25, 0.3) is 0 Å². The molecule has 2 aliphatic rings. The van der Waals surface area contributed by atoms with Gasteiger partial charge in [0.05, 0.1) is 25.4 Å². The van der Waals surface area contributed by atoms with E-state index in [1.165, 1.54) is 16.8 Å². The van der Waals surface area contributed by atoms with Crippen LogP contribution in [0.5, 0.6) is 0 Å². The van der Waals surface area contributed by atoms with Crippen molar-refractivity contribution in [1.29, 1.82) is 0 Å². The topological polar surface area (TPSA) is 80.2 Å². The van der Waals surface area contributed by atoms with Gasteiger partial charge >= 0.3 is 11.9 Å². The predicted molar refractivity (Wildman–Crippen MR) is 116 cm³/mol. The fraction of sp³-hybridized carbons (Fsp3) is 0.476. The molecule has 0 radical (unpaired) electrons. The highest BCUT2D eigenvalue weighted by atomic mass is 32.2. The molecule has 0 bridgehead atoms. The number of benzene rings is 1. The van der Waals surface area contributed by atoms with E-state index in [0.29, 0.717) is 0 Å². The molecule has 1 aromatic carbocycles. The van der Waals surface area contributed by atoms with Crippen LogP contribution in [-0.2, 0) is 19.1 Å². The Morgan fingerprint density at radius 1 is 1.28 bits per heavy atom. The maximum atomic E-state index is 12.2. The molecule has 0 saturated carbocycles. The first kappa shape index (κ1) is 21.2. The molecule has 2 heterocycles. The molecule has 1 N–H and O–H groups in total. The minimum absolute atomic E-state index is 0.154. The lowest BCUT2D eigenvalue weighted by Gasteiger charge is -2.21. The van der Waals surface area contributed by atoms with Gasteiger partial charge in [0.1, 0.15) is 0 Å². The van der Waals surface area contributed by atoms with Gasteiger partial charge in [-0.25, -0.2) is 9.59 Å². The minimum Gasteiger partial charge on any atom is -0.462 e. The Kier molecular flexibility index (Phi) is 6.52. The lowest BCUT2D eigenvalue weighted by Crippen LogP contribution is -2.21. The number of hydrogen-bond acceptors (Lipinski definition) is 8. The molecule has 0 amide bonds. The summed E-state index contributed by atoms with van der Waals surface area (Å²) >= 11 is 1.69. The van der Waals surface area contributed by atoms with Gasteiger partial charge in [-0.3, -0.25) is 4.99 Å². The van der Waals surface area contributed by atoms with E-state index >= 15 is 0 Å². The Labute approximate surface area is 175 Å². The van der Waals surface area contributed by atoms with E-state index in [1.807, 2.05) is 0 Å². The van der Waals surface area contributed by atoms with Crippen molar-refractivity contribution in [3.05, 3.63) is 29.0 Å². The van der Waals surface area contributed by atoms with Crippen molar-refractivity contribution in [1.82, 2.24) is 0 Å². The molecular formula is C21H27N3O4S. The Morgan fingerprint density at radius 2 is 1.93 bits per heavy atom. The molecule has 7 nitrogen and oxygen atoms in total. The monoisotopic (exact) mass is 417 g/mol. The highest BCUT2D eigenvalue weighted by molar-refractivity contribution is 8.14. The second kappa shape index (κ2) is 8.90. The molecule has 2 aliphatic heterocycles. The Morgan fingerprint density at radius 3 is 2.52 bits per heavy atom. The summed E-state index contributed by atoms with van der Waals surface area (Å²) in [5.41, 5.74) is 4.17. The number of anilines is 2. The van der Waals surface area contributed by atoms with Crippen LogP contribution in [0, 0.1) is 6.92 Å². The molecule has 1 aromatic rings. The Bertz CT molecular complexity index is 872. The summed E-state index contributed by atoms with van der Waals surface area (Å²) in [5.74, 6) is -1.17. The fourth-order valence-corrected chi connectivity index (χ4v) is 4.96. The van der Waals surface area contributed by atoms with Gasteiger partial charge in [0.25, 0.3) is 0 Å². The summed E-state index contributed by atoms with van der Waals surface area (Å²) in [6, 6.07) is 2.06. The Balaban J connectivity index is 2.00. The third kappa shape index (κ3) is 4.12. The van der Waals surface area contributed by atoms with E-state index in [1.54, 1.807) is 25.6 Å². The van der Waals surface area contributed by atoms with Crippen molar-refractivity contribution in [3.8, 4) is 0 Å². The van der Waals surface area contributed by atoms with Gasteiger partial charge in [0, 0.05) is 23.3 Å². The number of esters is 2. The number of aryl methyl sites for hydroxylation is 1. The smallest absolute Gasteiger partial charge is 0.347 e. The fourth-order valence-electron chi connectivity index (χ4n) is 3.50. The molecule has 3 rings (SSSR count). The van der Waals surface area contributed by atoms with Crippen molar-refractivity contribution < 1.29 is 19.1 Å². The van der Waals surface area contributed by atoms with E-state index in [9.17, 15) is 9.59 Å². The first-order valence-electron chi connectivity index (χ1n) is 9.87. The van der Waals surface area contributed by atoms with Crippen molar-refractivity contribution in [2.24, 2.45) is 4.99 Å². The average molecular weight is 418 g/mol. The van der Waals surface area contributed by atoms with E-state index in [4.69, 9.17) is 9.47 Å². The number of nitrogens with zero attached hydrogens (tertiary/aromatic N) is 2. The van der Waals surface area contributed by atoms with Gasteiger partial charge in [-0.05, 0) is 55.6 Å². The summed E-state index contributed by atoms with van der Waals surface area (Å²) in [7, 11) is 0. The van der Waals surface area contributed by atoms with Crippen LogP contribution in [0.4, 0.5) is 11.4 Å². The lowest BCUT2D eigenvalue weighted by atomic mass is 9.97. The quantitative estimate of drug-likeness (QED) is 0.313. The van der Waals surface area contributed by atoms with Crippen molar-refractivity contribution >= 4 is 40.2 Å². The largest absolute Gasteiger partial charge is 0.462 e.